The standard InChI is InChI=1S/C39H46F2N4O5/c1-4-43(31-22-28(40)21-29(41)23-31)39(48)35-26-44(30-19-27(38(42)47)20-33(24-30)49-3)36-25-32(13-14-34(36)37(35)46)50-18-12-7-5-6-9-15-45(2)16-10-8-11-17-45/h13-14,19-26H,4-12,15-18H2,1-3H3,(H-,42,47)/p+1. The molecular formula is C39H47F2N4O5+. The van der Waals surface area contributed by atoms with Gasteiger partial charge in [-0.25, -0.2) is 8.78 Å². The van der Waals surface area contributed by atoms with E-state index in [2.05, 4.69) is 7.05 Å². The predicted molar refractivity (Wildman–Crippen MR) is 192 cm³/mol. The van der Waals surface area contributed by atoms with Crippen LogP contribution in [0.3, 0.4) is 0 Å². The second kappa shape index (κ2) is 16.3. The number of rotatable bonds is 15. The molecule has 9 nitrogen and oxygen atoms in total. The van der Waals surface area contributed by atoms with Gasteiger partial charge in [0.15, 0.2) is 0 Å². The van der Waals surface area contributed by atoms with Gasteiger partial charge in [-0.05, 0) is 81.8 Å². The Morgan fingerprint density at radius 2 is 1.60 bits per heavy atom. The number of pyridine rings is 1. The lowest BCUT2D eigenvalue weighted by Crippen LogP contribution is -2.48. The van der Waals surface area contributed by atoms with E-state index in [0.29, 0.717) is 35.4 Å². The van der Waals surface area contributed by atoms with E-state index in [1.54, 1.807) is 35.8 Å². The number of nitrogens with two attached hydrogens (primary N) is 1. The molecule has 0 aliphatic carbocycles. The lowest BCUT2D eigenvalue weighted by molar-refractivity contribution is -0.914. The number of amides is 2. The molecule has 50 heavy (non-hydrogen) atoms. The zero-order valence-electron chi connectivity index (χ0n) is 29.2. The Morgan fingerprint density at radius 3 is 2.28 bits per heavy atom. The Balaban J connectivity index is 1.41. The molecule has 5 rings (SSSR count). The van der Waals surface area contributed by atoms with Gasteiger partial charge in [-0.1, -0.05) is 12.8 Å². The molecule has 2 N–H and O–H groups in total. The van der Waals surface area contributed by atoms with Crippen LogP contribution in [-0.2, 0) is 0 Å². The summed E-state index contributed by atoms with van der Waals surface area (Å²) in [6.07, 6.45) is 10.9. The van der Waals surface area contributed by atoms with Crippen molar-refractivity contribution in [1.82, 2.24) is 4.57 Å². The molecule has 1 aliphatic heterocycles. The van der Waals surface area contributed by atoms with E-state index in [9.17, 15) is 23.2 Å². The highest BCUT2D eigenvalue weighted by molar-refractivity contribution is 6.07. The number of quaternary nitrogens is 1. The number of likely N-dealkylation sites (tertiary alicyclic amines) is 1. The maximum absolute atomic E-state index is 14.1. The number of nitrogens with zero attached hydrogens (tertiary/aromatic N) is 3. The highest BCUT2D eigenvalue weighted by atomic mass is 19.1. The number of hydrogen-bond donors (Lipinski definition) is 1. The lowest BCUT2D eigenvalue weighted by atomic mass is 10.1. The quantitative estimate of drug-likeness (QED) is 0.107. The van der Waals surface area contributed by atoms with E-state index >= 15 is 0 Å². The Labute approximate surface area is 291 Å². The molecule has 0 saturated carbocycles. The summed E-state index contributed by atoms with van der Waals surface area (Å²) in [4.78, 5) is 41.2. The zero-order valence-corrected chi connectivity index (χ0v) is 29.2. The Bertz CT molecular complexity index is 1880. The van der Waals surface area contributed by atoms with Crippen LogP contribution < -0.4 is 25.5 Å². The topological polar surface area (TPSA) is 104 Å². The molecule has 4 aromatic rings. The van der Waals surface area contributed by atoms with Gasteiger partial charge in [0.05, 0.1) is 51.6 Å². The van der Waals surface area contributed by atoms with Crippen molar-refractivity contribution in [1.29, 1.82) is 0 Å². The molecule has 1 saturated heterocycles. The number of ether oxygens (including phenoxy) is 2. The third kappa shape index (κ3) is 8.68. The third-order valence-corrected chi connectivity index (χ3v) is 9.62. The van der Waals surface area contributed by atoms with E-state index in [0.717, 1.165) is 36.3 Å². The van der Waals surface area contributed by atoms with E-state index in [-0.39, 0.29) is 28.7 Å². The smallest absolute Gasteiger partial charge is 0.263 e. The average molecular weight is 690 g/mol. The van der Waals surface area contributed by atoms with E-state index in [4.69, 9.17) is 15.2 Å². The summed E-state index contributed by atoms with van der Waals surface area (Å²) in [5.74, 6) is -2.27. The number of hydrogen-bond acceptors (Lipinski definition) is 5. The Kier molecular flexibility index (Phi) is 11.9. The maximum atomic E-state index is 14.1. The van der Waals surface area contributed by atoms with Crippen LogP contribution in [0, 0.1) is 11.6 Å². The van der Waals surface area contributed by atoms with Gasteiger partial charge in [0.25, 0.3) is 5.91 Å². The minimum Gasteiger partial charge on any atom is -0.497 e. The van der Waals surface area contributed by atoms with Gasteiger partial charge in [0.1, 0.15) is 28.7 Å². The van der Waals surface area contributed by atoms with E-state index in [1.807, 2.05) is 0 Å². The average Bonchev–Trinajstić information content (AvgIpc) is 3.09. The van der Waals surface area contributed by atoms with Crippen molar-refractivity contribution >= 4 is 28.4 Å². The number of aromatic nitrogens is 1. The minimum absolute atomic E-state index is 0.0279. The highest BCUT2D eigenvalue weighted by Crippen LogP contribution is 2.28. The van der Waals surface area contributed by atoms with Gasteiger partial charge in [-0.3, -0.25) is 14.4 Å². The molecule has 11 heteroatoms. The SMILES string of the molecule is CCN(C(=O)c1cn(-c2cc(OC)cc(C(N)=O)c2)c2cc(OCCCCCCC[N+]3(C)CCCCC3)ccc2c1=O)c1cc(F)cc(F)c1. The van der Waals surface area contributed by atoms with Crippen molar-refractivity contribution in [2.75, 3.05) is 51.8 Å². The van der Waals surface area contributed by atoms with Crippen molar-refractivity contribution in [2.45, 2.75) is 58.3 Å². The number of benzene rings is 3. The number of unbranched alkanes of at least 4 members (excludes halogenated alkanes) is 4. The molecule has 0 spiro atoms. The van der Waals surface area contributed by atoms with Crippen molar-refractivity contribution < 1.29 is 32.3 Å². The summed E-state index contributed by atoms with van der Waals surface area (Å²) in [6, 6.07) is 12.4. The molecular weight excluding hydrogens is 642 g/mol. The summed E-state index contributed by atoms with van der Waals surface area (Å²) >= 11 is 0. The fourth-order valence-electron chi connectivity index (χ4n) is 6.84. The van der Waals surface area contributed by atoms with Gasteiger partial charge in [0, 0.05) is 47.6 Å². The summed E-state index contributed by atoms with van der Waals surface area (Å²) in [5, 5.41) is 0.207. The molecule has 3 aromatic carbocycles. The van der Waals surface area contributed by atoms with Crippen LogP contribution in [0.2, 0.25) is 0 Å². The number of carbonyl (C=O) groups excluding carboxylic acids is 2. The Morgan fingerprint density at radius 1 is 0.900 bits per heavy atom. The molecule has 0 bridgehead atoms. The molecule has 0 unspecified atom stereocenters. The van der Waals surface area contributed by atoms with Gasteiger partial charge in [-0.2, -0.15) is 0 Å². The van der Waals surface area contributed by atoms with Gasteiger partial charge < -0.3 is 29.2 Å². The first-order valence-electron chi connectivity index (χ1n) is 17.4. The summed E-state index contributed by atoms with van der Waals surface area (Å²) in [7, 11) is 3.83. The number of carbonyl (C=O) groups is 2. The van der Waals surface area contributed by atoms with Crippen LogP contribution in [-0.4, -0.2) is 67.8 Å². The van der Waals surface area contributed by atoms with Crippen LogP contribution in [0.15, 0.2) is 65.6 Å². The van der Waals surface area contributed by atoms with Crippen LogP contribution in [0.5, 0.6) is 11.5 Å². The first-order valence-corrected chi connectivity index (χ1v) is 17.4. The Hall–Kier alpha value is -4.77. The number of anilines is 1. The number of fused-ring (bicyclic) bond motifs is 1. The number of primary amides is 1. The summed E-state index contributed by atoms with van der Waals surface area (Å²) in [6.45, 7) is 6.01. The van der Waals surface area contributed by atoms with Gasteiger partial charge >= 0.3 is 0 Å². The van der Waals surface area contributed by atoms with Crippen LogP contribution in [0.1, 0.15) is 79.0 Å². The summed E-state index contributed by atoms with van der Waals surface area (Å²) < 4.78 is 42.6. The maximum Gasteiger partial charge on any atom is 0.263 e. The van der Waals surface area contributed by atoms with Crippen molar-refractivity contribution in [3.8, 4) is 17.2 Å². The normalized spacial score (nSPS) is 14.0. The largest absolute Gasteiger partial charge is 0.497 e. The highest BCUT2D eigenvalue weighted by Gasteiger charge is 2.25. The first-order chi connectivity index (χ1) is 24.0. The van der Waals surface area contributed by atoms with Crippen molar-refractivity contribution in [2.24, 2.45) is 5.73 Å². The van der Waals surface area contributed by atoms with Gasteiger partial charge in [-0.15, -0.1) is 0 Å². The first kappa shape index (κ1) is 36.5. The predicted octanol–water partition coefficient (Wildman–Crippen LogP) is 7.00. The number of halogens is 2. The molecule has 2 amide bonds. The molecule has 2 heterocycles. The second-order valence-electron chi connectivity index (χ2n) is 13.3. The number of piperidine rings is 1. The molecule has 1 aliphatic rings. The van der Waals surface area contributed by atoms with Crippen LogP contribution in [0.25, 0.3) is 16.6 Å². The molecule has 0 radical (unpaired) electrons. The van der Waals surface area contributed by atoms with Gasteiger partial charge in [0.2, 0.25) is 11.3 Å². The fraction of sp³-hybridized carbons (Fsp3) is 0.410. The van der Waals surface area contributed by atoms with Crippen LogP contribution in [0.4, 0.5) is 14.5 Å². The minimum atomic E-state index is -0.853. The van der Waals surface area contributed by atoms with Crippen molar-refractivity contribution in [3.63, 3.8) is 0 Å². The molecule has 1 fully saturated rings. The van der Waals surface area contributed by atoms with E-state index in [1.165, 1.54) is 81.7 Å². The number of methoxy groups -OCH3 is 1. The summed E-state index contributed by atoms with van der Waals surface area (Å²) in [5.41, 5.74) is 5.76. The van der Waals surface area contributed by atoms with Crippen LogP contribution >= 0.6 is 0 Å². The monoisotopic (exact) mass is 689 g/mol. The second-order valence-corrected chi connectivity index (χ2v) is 13.3. The lowest BCUT2D eigenvalue weighted by Gasteiger charge is -2.37. The fourth-order valence-corrected chi connectivity index (χ4v) is 6.84. The van der Waals surface area contributed by atoms with Crippen molar-refractivity contribution in [3.05, 3.63) is 93.8 Å². The van der Waals surface area contributed by atoms with E-state index < -0.39 is 28.9 Å². The molecule has 1 aromatic heterocycles. The zero-order chi connectivity index (χ0) is 35.8. The molecule has 266 valence electrons. The molecule has 0 atom stereocenters. The third-order valence-electron chi connectivity index (χ3n) is 9.62.